The zero-order valence-corrected chi connectivity index (χ0v) is 17.2. The Hall–Kier alpha value is -4.02. The first kappa shape index (κ1) is 21.2. The largest absolute Gasteiger partial charge is 0.418 e. The van der Waals surface area contributed by atoms with Crippen molar-refractivity contribution in [3.8, 4) is 5.69 Å². The molecule has 0 fully saturated rings. The summed E-state index contributed by atoms with van der Waals surface area (Å²) in [4.78, 5) is 29.4. The van der Waals surface area contributed by atoms with Crippen molar-refractivity contribution in [3.05, 3.63) is 75.5 Å². The molecule has 164 valence electrons. The van der Waals surface area contributed by atoms with Crippen LogP contribution in [-0.4, -0.2) is 30.5 Å². The van der Waals surface area contributed by atoms with E-state index in [9.17, 15) is 22.8 Å². The number of fused-ring (bicyclic) bond motifs is 1. The van der Waals surface area contributed by atoms with Crippen LogP contribution in [0.3, 0.4) is 0 Å². The van der Waals surface area contributed by atoms with Gasteiger partial charge in [-0.1, -0.05) is 12.1 Å². The highest BCUT2D eigenvalue weighted by molar-refractivity contribution is 6.03. The van der Waals surface area contributed by atoms with Crippen LogP contribution in [0.4, 0.5) is 18.9 Å². The molecule has 3 aromatic heterocycles. The first-order valence-electron chi connectivity index (χ1n) is 9.44. The number of hydrogen-bond acceptors (Lipinski definition) is 5. The fourth-order valence-electron chi connectivity index (χ4n) is 3.41. The quantitative estimate of drug-likeness (QED) is 0.525. The normalized spacial score (nSPS) is 11.7. The molecule has 0 saturated heterocycles. The van der Waals surface area contributed by atoms with Gasteiger partial charge in [-0.05, 0) is 32.0 Å². The van der Waals surface area contributed by atoms with Crippen LogP contribution in [-0.2, 0) is 13.2 Å². The van der Waals surface area contributed by atoms with Crippen molar-refractivity contribution in [3.63, 3.8) is 0 Å². The highest BCUT2D eigenvalue weighted by atomic mass is 19.4. The molecule has 0 atom stereocenters. The number of aryl methyl sites for hydroxylation is 3. The molecule has 0 unspecified atom stereocenters. The molecule has 0 spiro atoms. The fraction of sp³-hybridized carbons (Fsp3) is 0.190. The summed E-state index contributed by atoms with van der Waals surface area (Å²) in [6.07, 6.45) is -3.24. The molecule has 3 heterocycles. The first-order chi connectivity index (χ1) is 15.1. The third kappa shape index (κ3) is 3.72. The number of aromatic nitrogens is 5. The maximum Gasteiger partial charge on any atom is 0.418 e. The summed E-state index contributed by atoms with van der Waals surface area (Å²) in [5.41, 5.74) is -0.735. The summed E-state index contributed by atoms with van der Waals surface area (Å²) in [6.45, 7) is 3.22. The Kier molecular flexibility index (Phi) is 5.03. The van der Waals surface area contributed by atoms with Crippen LogP contribution in [0.5, 0.6) is 0 Å². The fourth-order valence-corrected chi connectivity index (χ4v) is 3.41. The number of rotatable bonds is 3. The van der Waals surface area contributed by atoms with Crippen LogP contribution in [0.15, 0.2) is 47.4 Å². The lowest BCUT2D eigenvalue weighted by Crippen LogP contribution is -2.27. The molecule has 1 aromatic carbocycles. The van der Waals surface area contributed by atoms with E-state index in [1.807, 2.05) is 0 Å². The van der Waals surface area contributed by atoms with E-state index in [0.717, 1.165) is 16.8 Å². The molecule has 1 N–H and O–H groups in total. The van der Waals surface area contributed by atoms with Gasteiger partial charge in [-0.15, -0.1) is 0 Å². The molecule has 8 nitrogen and oxygen atoms in total. The van der Waals surface area contributed by atoms with Crippen molar-refractivity contribution in [2.24, 2.45) is 7.05 Å². The van der Waals surface area contributed by atoms with E-state index in [1.54, 1.807) is 24.7 Å². The van der Waals surface area contributed by atoms with E-state index in [4.69, 9.17) is 0 Å². The number of benzene rings is 1. The van der Waals surface area contributed by atoms with Crippen LogP contribution in [0.2, 0.25) is 0 Å². The van der Waals surface area contributed by atoms with Crippen LogP contribution in [0, 0.1) is 13.8 Å². The van der Waals surface area contributed by atoms with E-state index in [2.05, 4.69) is 20.5 Å². The maximum absolute atomic E-state index is 13.5. The number of carbonyl (C=O) groups excluding carboxylic acids is 1. The lowest BCUT2D eigenvalue weighted by atomic mass is 10.1. The third-order valence-corrected chi connectivity index (χ3v) is 4.88. The number of para-hydroxylation sites is 1. The Labute approximate surface area is 179 Å². The maximum atomic E-state index is 13.5. The summed E-state index contributed by atoms with van der Waals surface area (Å²) in [6, 6.07) is 7.52. The minimum Gasteiger partial charge on any atom is -0.319 e. The second kappa shape index (κ2) is 7.59. The highest BCUT2D eigenvalue weighted by Gasteiger charge is 2.34. The minimum absolute atomic E-state index is 0.150. The Balaban J connectivity index is 1.75. The summed E-state index contributed by atoms with van der Waals surface area (Å²) in [5.74, 6) is -0.865. The SMILES string of the molecule is Cc1nn(C)c2ncc(NC(=O)c3nn(-c4ccccc4C(F)(F)F)c(C)cc3=O)cc12. The van der Waals surface area contributed by atoms with Gasteiger partial charge < -0.3 is 5.32 Å². The molecule has 0 saturated carbocycles. The van der Waals surface area contributed by atoms with E-state index in [1.165, 1.54) is 31.3 Å². The summed E-state index contributed by atoms with van der Waals surface area (Å²) >= 11 is 0. The average Bonchev–Trinajstić information content (AvgIpc) is 3.00. The monoisotopic (exact) mass is 442 g/mol. The second-order valence-corrected chi connectivity index (χ2v) is 7.18. The zero-order valence-electron chi connectivity index (χ0n) is 17.2. The van der Waals surface area contributed by atoms with Crippen molar-refractivity contribution in [2.75, 3.05) is 5.32 Å². The van der Waals surface area contributed by atoms with E-state index >= 15 is 0 Å². The van der Waals surface area contributed by atoms with Crippen molar-refractivity contribution >= 4 is 22.6 Å². The molecule has 4 aromatic rings. The van der Waals surface area contributed by atoms with Crippen molar-refractivity contribution in [2.45, 2.75) is 20.0 Å². The lowest BCUT2D eigenvalue weighted by molar-refractivity contribution is -0.137. The number of anilines is 1. The predicted molar refractivity (Wildman–Crippen MR) is 111 cm³/mol. The molecule has 0 aliphatic heterocycles. The van der Waals surface area contributed by atoms with Crippen LogP contribution in [0.25, 0.3) is 16.7 Å². The number of nitrogens with one attached hydrogen (secondary N) is 1. The van der Waals surface area contributed by atoms with Gasteiger partial charge in [0.1, 0.15) is 0 Å². The van der Waals surface area contributed by atoms with Gasteiger partial charge >= 0.3 is 6.18 Å². The predicted octanol–water partition coefficient (Wildman–Crippen LogP) is 3.40. The number of halogens is 3. The number of pyridine rings is 1. The van der Waals surface area contributed by atoms with E-state index < -0.39 is 28.8 Å². The highest BCUT2D eigenvalue weighted by Crippen LogP contribution is 2.33. The van der Waals surface area contributed by atoms with Crippen LogP contribution >= 0.6 is 0 Å². The van der Waals surface area contributed by atoms with Crippen LogP contribution < -0.4 is 10.7 Å². The molecule has 32 heavy (non-hydrogen) atoms. The molecule has 4 rings (SSSR count). The van der Waals surface area contributed by atoms with Gasteiger partial charge in [0.15, 0.2) is 11.3 Å². The third-order valence-electron chi connectivity index (χ3n) is 4.88. The van der Waals surface area contributed by atoms with Gasteiger partial charge in [-0.3, -0.25) is 14.3 Å². The van der Waals surface area contributed by atoms with E-state index in [0.29, 0.717) is 22.4 Å². The average molecular weight is 442 g/mol. The summed E-state index contributed by atoms with van der Waals surface area (Å²) < 4.78 is 42.9. The van der Waals surface area contributed by atoms with Crippen molar-refractivity contribution in [1.29, 1.82) is 0 Å². The number of hydrogen-bond donors (Lipinski definition) is 1. The Morgan fingerprint density at radius 1 is 1.09 bits per heavy atom. The zero-order chi connectivity index (χ0) is 23.2. The smallest absolute Gasteiger partial charge is 0.319 e. The summed E-state index contributed by atoms with van der Waals surface area (Å²) in [5, 5.41) is 11.4. The molecular formula is C21H17F3N6O2. The number of amides is 1. The van der Waals surface area contributed by atoms with Gasteiger partial charge in [0, 0.05) is 24.2 Å². The van der Waals surface area contributed by atoms with Crippen LogP contribution in [0.1, 0.15) is 27.4 Å². The Bertz CT molecular complexity index is 1420. The van der Waals surface area contributed by atoms with Gasteiger partial charge in [-0.25, -0.2) is 9.67 Å². The number of alkyl halides is 3. The summed E-state index contributed by atoms with van der Waals surface area (Å²) in [7, 11) is 1.73. The topological polar surface area (TPSA) is 94.7 Å². The number of carbonyl (C=O) groups is 1. The van der Waals surface area contributed by atoms with Gasteiger partial charge in [0.2, 0.25) is 5.43 Å². The molecule has 0 bridgehead atoms. The number of nitrogens with zero attached hydrogens (tertiary/aromatic N) is 5. The minimum atomic E-state index is -4.64. The molecule has 0 aliphatic carbocycles. The van der Waals surface area contributed by atoms with Crippen molar-refractivity contribution < 1.29 is 18.0 Å². The second-order valence-electron chi connectivity index (χ2n) is 7.18. The molecule has 1 amide bonds. The van der Waals surface area contributed by atoms with E-state index in [-0.39, 0.29) is 11.4 Å². The lowest BCUT2D eigenvalue weighted by Gasteiger charge is -2.16. The van der Waals surface area contributed by atoms with Gasteiger partial charge in [-0.2, -0.15) is 23.4 Å². The van der Waals surface area contributed by atoms with Gasteiger partial charge in [0.25, 0.3) is 5.91 Å². The molecule has 0 radical (unpaired) electrons. The molecule has 11 heteroatoms. The van der Waals surface area contributed by atoms with Gasteiger partial charge in [0.05, 0.1) is 28.8 Å². The van der Waals surface area contributed by atoms with Crippen molar-refractivity contribution in [1.82, 2.24) is 24.5 Å². The Morgan fingerprint density at radius 2 is 1.81 bits per heavy atom. The Morgan fingerprint density at radius 3 is 2.53 bits per heavy atom. The molecule has 0 aliphatic rings. The molecular weight excluding hydrogens is 425 g/mol. The first-order valence-corrected chi connectivity index (χ1v) is 9.44. The standard InChI is InChI=1S/C21H17F3N6O2/c1-11-8-17(31)18(28-30(11)16-7-5-4-6-15(16)21(22,23)24)20(32)26-13-9-14-12(2)27-29(3)19(14)25-10-13/h4-10H,1-3H3,(H,26,32).